The third-order valence-electron chi connectivity index (χ3n) is 11.3. The molecule has 0 unspecified atom stereocenters. The number of benzene rings is 8. The van der Waals surface area contributed by atoms with Crippen LogP contribution in [0.15, 0.2) is 164 Å². The van der Waals surface area contributed by atoms with Crippen LogP contribution < -0.4 is 0 Å². The Morgan fingerprint density at radius 3 is 1.02 bits per heavy atom. The van der Waals surface area contributed by atoms with E-state index in [4.69, 9.17) is 57.9 Å². The Balaban J connectivity index is 0.000000492. The van der Waals surface area contributed by atoms with Gasteiger partial charge in [-0.3, -0.25) is 0 Å². The van der Waals surface area contributed by atoms with Crippen molar-refractivity contribution in [3.05, 3.63) is 281 Å². The summed E-state index contributed by atoms with van der Waals surface area (Å²) in [6, 6.07) is 65.9. The van der Waals surface area contributed by atoms with Gasteiger partial charge in [-0.15, -0.1) is 0 Å². The van der Waals surface area contributed by atoms with Gasteiger partial charge in [0, 0.05) is 0 Å². The number of halogens is 6. The van der Waals surface area contributed by atoms with Crippen LogP contribution in [0.25, 0.3) is 0 Å². The predicted octanol–water partition coefficient (Wildman–Crippen LogP) is 16.6. The molecule has 0 N–H and O–H groups in total. The fourth-order valence-corrected chi connectivity index (χ4v) is 6.67. The molecule has 0 heterocycles. The van der Waals surface area contributed by atoms with E-state index in [9.17, 15) is 26.3 Å². The highest BCUT2D eigenvalue weighted by Crippen LogP contribution is 2.31. The van der Waals surface area contributed by atoms with E-state index in [2.05, 4.69) is 12.1 Å². The molecule has 0 radical (unpaired) electrons. The van der Waals surface area contributed by atoms with Crippen molar-refractivity contribution >= 4 is 0 Å². The molecule has 0 aliphatic heterocycles. The van der Waals surface area contributed by atoms with Crippen molar-refractivity contribution in [3.8, 4) is 66.8 Å². The summed E-state index contributed by atoms with van der Waals surface area (Å²) in [5, 5.41) is 94.0. The first-order valence-corrected chi connectivity index (χ1v) is 25.0. The fourth-order valence-electron chi connectivity index (χ4n) is 6.67. The Hall–Kier alpha value is -12.3. The smallest absolute Gasteiger partial charge is 0.192 e. The molecule has 0 fully saturated rings. The Morgan fingerprint density at radius 2 is 0.640 bits per heavy atom. The minimum atomic E-state index is -4.22. The Bertz CT molecular complexity index is 3990. The molecule has 8 rings (SSSR count). The summed E-state index contributed by atoms with van der Waals surface area (Å²) in [5.41, 5.74) is 11.2. The van der Waals surface area contributed by atoms with Crippen molar-refractivity contribution < 1.29 is 26.3 Å². The van der Waals surface area contributed by atoms with Crippen molar-refractivity contribution in [2.45, 2.75) is 67.7 Å². The van der Waals surface area contributed by atoms with E-state index in [1.54, 1.807) is 93.6 Å². The second kappa shape index (κ2) is 36.9. The van der Waals surface area contributed by atoms with Crippen LogP contribution in [0.2, 0.25) is 0 Å². The molecule has 0 amide bonds. The summed E-state index contributed by atoms with van der Waals surface area (Å²) in [6.45, 7) is 14.2. The minimum Gasteiger partial charge on any atom is -0.192 e. The largest absolute Gasteiger partial charge is 0.416 e. The predicted molar refractivity (Wildman–Crippen MR) is 311 cm³/mol. The monoisotopic (exact) mass is 1150 g/mol. The molecule has 8 aromatic rings. The van der Waals surface area contributed by atoms with Crippen molar-refractivity contribution in [1.29, 1.82) is 57.9 Å². The van der Waals surface area contributed by atoms with E-state index in [1.807, 2.05) is 125 Å². The maximum absolute atomic E-state index is 12.0. The lowest BCUT2D eigenvalue weighted by Crippen LogP contribution is -2.06. The number of rotatable bonds is 0. The molecule has 11 nitrogen and oxygen atoms in total. The van der Waals surface area contributed by atoms with Gasteiger partial charge in [-0.2, -0.15) is 84.2 Å². The molecule has 17 heteroatoms. The van der Waals surface area contributed by atoms with Gasteiger partial charge in [0.05, 0.1) is 139 Å². The standard InChI is InChI=1S/C10H5N3.3C9H6N2.2C8H7F3.2C8H7N/c1-7-9(5-12)2-8(4-11)3-10(7)6-13;1-7-2-8(5-10)4-9(3-7)6-11;1-7-2-3-8(5-10)4-9(7)6-11;1-7-8(5-10)3-2-4-9(7)6-11;1-6-3-2-4-7(5-6)8(9,10)11;1-6-4-2-3-5-7(6)8(9,10)11;1-7-2-4-8(6-9)5-3-7;1-7-3-2-4-8(5-7)6-9/h2-3H,1H3;3*2-4H,1H3;2*2-5H,1H3;2*2-5H,1H3. The summed E-state index contributed by atoms with van der Waals surface area (Å²) < 4.78 is 72.0. The molecule has 424 valence electrons. The highest BCUT2D eigenvalue weighted by molar-refractivity contribution is 5.53. The van der Waals surface area contributed by atoms with Gasteiger partial charge in [0.1, 0.15) is 0 Å². The van der Waals surface area contributed by atoms with Crippen LogP contribution in [-0.2, 0) is 12.4 Å². The Labute approximate surface area is 497 Å². The molecule has 0 spiro atoms. The molecule has 0 bridgehead atoms. The van der Waals surface area contributed by atoms with E-state index >= 15 is 0 Å². The second-order valence-corrected chi connectivity index (χ2v) is 17.9. The van der Waals surface area contributed by atoms with Crippen molar-refractivity contribution in [2.75, 3.05) is 0 Å². The van der Waals surface area contributed by atoms with Crippen molar-refractivity contribution in [2.24, 2.45) is 0 Å². The number of hydrogen-bond donors (Lipinski definition) is 0. The molecule has 0 aromatic heterocycles. The lowest BCUT2D eigenvalue weighted by atomic mass is 10.0. The molecule has 0 atom stereocenters. The van der Waals surface area contributed by atoms with Gasteiger partial charge in [0.15, 0.2) is 0 Å². The first-order chi connectivity index (χ1) is 40.7. The van der Waals surface area contributed by atoms with Crippen LogP contribution in [0, 0.1) is 180 Å². The van der Waals surface area contributed by atoms with Gasteiger partial charge >= 0.3 is 12.4 Å². The fraction of sp³-hybridized carbons (Fsp3) is 0.145. The van der Waals surface area contributed by atoms with Crippen LogP contribution in [0.5, 0.6) is 0 Å². The van der Waals surface area contributed by atoms with Crippen LogP contribution in [-0.4, -0.2) is 0 Å². The third kappa shape index (κ3) is 25.9. The molecule has 0 saturated heterocycles. The molecule has 0 saturated carbocycles. The lowest BCUT2D eigenvalue weighted by molar-refractivity contribution is -0.138. The highest BCUT2D eigenvalue weighted by atomic mass is 19.4. The summed E-state index contributed by atoms with van der Waals surface area (Å²) in [4.78, 5) is 0. The molecule has 8 aromatic carbocycles. The molecule has 0 aliphatic carbocycles. The van der Waals surface area contributed by atoms with E-state index in [-0.39, 0.29) is 5.56 Å². The van der Waals surface area contributed by atoms with E-state index in [1.165, 1.54) is 42.8 Å². The van der Waals surface area contributed by atoms with Gasteiger partial charge in [-0.05, 0) is 180 Å². The summed E-state index contributed by atoms with van der Waals surface area (Å²) in [6.07, 6.45) is -8.43. The summed E-state index contributed by atoms with van der Waals surface area (Å²) in [5.74, 6) is 0. The molecular formula is C69H51F6N11. The van der Waals surface area contributed by atoms with E-state index in [0.29, 0.717) is 61.2 Å². The van der Waals surface area contributed by atoms with Crippen LogP contribution in [0.1, 0.15) is 117 Å². The highest BCUT2D eigenvalue weighted by Gasteiger charge is 2.31. The van der Waals surface area contributed by atoms with E-state index < -0.39 is 23.5 Å². The second-order valence-electron chi connectivity index (χ2n) is 17.9. The van der Waals surface area contributed by atoms with Gasteiger partial charge in [0.25, 0.3) is 0 Å². The first-order valence-electron chi connectivity index (χ1n) is 25.0. The lowest BCUT2D eigenvalue weighted by Gasteiger charge is -2.08. The number of aryl methyl sites for hydroxylation is 6. The van der Waals surface area contributed by atoms with Gasteiger partial charge in [-0.25, -0.2) is 0 Å². The summed E-state index contributed by atoms with van der Waals surface area (Å²) >= 11 is 0. The first kappa shape index (κ1) is 71.7. The minimum absolute atomic E-state index is 0.264. The average molecular weight is 1150 g/mol. The number of hydrogen-bond acceptors (Lipinski definition) is 11. The average Bonchev–Trinajstić information content (AvgIpc) is 3.27. The van der Waals surface area contributed by atoms with Gasteiger partial charge in [0.2, 0.25) is 0 Å². The SMILES string of the molecule is Cc1c(C#N)cc(C#N)cc1C#N.Cc1c(C#N)cccc1C#N.Cc1cc(C#N)cc(C#N)c1.Cc1ccc(C#N)cc1.Cc1ccc(C#N)cc1C#N.Cc1cccc(C#N)c1.Cc1cccc(C(F)(F)F)c1.Cc1ccccc1C(F)(F)F. The summed E-state index contributed by atoms with van der Waals surface area (Å²) in [7, 11) is 0. The number of nitrogens with zero attached hydrogens (tertiary/aromatic N) is 11. The van der Waals surface area contributed by atoms with Crippen LogP contribution >= 0.6 is 0 Å². The molecule has 86 heavy (non-hydrogen) atoms. The Morgan fingerprint density at radius 1 is 0.256 bits per heavy atom. The number of alkyl halides is 6. The normalized spacial score (nSPS) is 9.15. The van der Waals surface area contributed by atoms with Crippen LogP contribution in [0.4, 0.5) is 26.3 Å². The van der Waals surface area contributed by atoms with Crippen molar-refractivity contribution in [1.82, 2.24) is 0 Å². The zero-order chi connectivity index (χ0) is 65.0. The van der Waals surface area contributed by atoms with Crippen LogP contribution in [0.3, 0.4) is 0 Å². The zero-order valence-corrected chi connectivity index (χ0v) is 47.8. The van der Waals surface area contributed by atoms with Gasteiger partial charge in [-0.1, -0.05) is 83.9 Å². The quantitative estimate of drug-likeness (QED) is 0.129. The molecule has 0 aliphatic rings. The topological polar surface area (TPSA) is 262 Å². The zero-order valence-electron chi connectivity index (χ0n) is 47.8. The maximum Gasteiger partial charge on any atom is 0.416 e. The Kier molecular flexibility index (Phi) is 30.8. The molecular weight excluding hydrogens is 1100 g/mol. The number of nitriles is 11. The van der Waals surface area contributed by atoms with Crippen molar-refractivity contribution in [3.63, 3.8) is 0 Å². The maximum atomic E-state index is 12.0. The third-order valence-corrected chi connectivity index (χ3v) is 11.3. The van der Waals surface area contributed by atoms with Gasteiger partial charge < -0.3 is 0 Å². The van der Waals surface area contributed by atoms with E-state index in [0.717, 1.165) is 51.6 Å².